The second-order valence-electron chi connectivity index (χ2n) is 4.67. The summed E-state index contributed by atoms with van der Waals surface area (Å²) in [4.78, 5) is 11.6. The van der Waals surface area contributed by atoms with Gasteiger partial charge < -0.3 is 20.5 Å². The van der Waals surface area contributed by atoms with Crippen LogP contribution in [0.2, 0.25) is 0 Å². The number of nitrogens with one attached hydrogen (secondary N) is 1. The molecule has 1 aromatic carbocycles. The molecular formula is C14H20N2O3. The molecule has 0 unspecified atom stereocenters. The first-order valence-electron chi connectivity index (χ1n) is 6.58. The summed E-state index contributed by atoms with van der Waals surface area (Å²) in [6, 6.07) is 7.20. The van der Waals surface area contributed by atoms with Gasteiger partial charge in [0.25, 0.3) is 0 Å². The van der Waals surface area contributed by atoms with Gasteiger partial charge in [-0.05, 0) is 43.0 Å². The van der Waals surface area contributed by atoms with Crippen LogP contribution >= 0.6 is 0 Å². The lowest BCUT2D eigenvalue weighted by Crippen LogP contribution is -2.19. The van der Waals surface area contributed by atoms with Crippen LogP contribution in [0.3, 0.4) is 0 Å². The standard InChI is InChI=1S/C14H20N2O3/c15-7-8-19-13-5-3-12(4-6-13)16-14(17)10-18-9-11-1-2-11/h3-6,11H,1-2,7-10,15H2,(H,16,17). The van der Waals surface area contributed by atoms with E-state index in [1.54, 1.807) is 24.3 Å². The Hall–Kier alpha value is -1.59. The van der Waals surface area contributed by atoms with Crippen LogP contribution in [0.4, 0.5) is 5.69 Å². The van der Waals surface area contributed by atoms with Crippen molar-refractivity contribution in [3.05, 3.63) is 24.3 Å². The fourth-order valence-electron chi connectivity index (χ4n) is 1.61. The highest BCUT2D eigenvalue weighted by Gasteiger charge is 2.21. The summed E-state index contributed by atoms with van der Waals surface area (Å²) >= 11 is 0. The van der Waals surface area contributed by atoms with Crippen LogP contribution in [0.15, 0.2) is 24.3 Å². The second kappa shape index (κ2) is 7.11. The summed E-state index contributed by atoms with van der Waals surface area (Å²) < 4.78 is 10.7. The molecule has 5 nitrogen and oxygen atoms in total. The van der Waals surface area contributed by atoms with Gasteiger partial charge in [-0.3, -0.25) is 4.79 Å². The number of ether oxygens (including phenoxy) is 2. The number of rotatable bonds is 8. The highest BCUT2D eigenvalue weighted by atomic mass is 16.5. The average molecular weight is 264 g/mol. The summed E-state index contributed by atoms with van der Waals surface area (Å²) in [5, 5.41) is 2.78. The first-order chi connectivity index (χ1) is 9.28. The minimum absolute atomic E-state index is 0.113. The molecule has 5 heteroatoms. The van der Waals surface area contributed by atoms with Gasteiger partial charge in [0, 0.05) is 12.2 Å². The highest BCUT2D eigenvalue weighted by molar-refractivity contribution is 5.91. The third kappa shape index (κ3) is 5.28. The molecule has 2 rings (SSSR count). The molecule has 0 atom stereocenters. The topological polar surface area (TPSA) is 73.6 Å². The molecule has 1 aliphatic rings. The summed E-state index contributed by atoms with van der Waals surface area (Å²) in [5.41, 5.74) is 6.08. The van der Waals surface area contributed by atoms with Gasteiger partial charge in [0.05, 0.1) is 6.61 Å². The summed E-state index contributed by atoms with van der Waals surface area (Å²) in [7, 11) is 0. The van der Waals surface area contributed by atoms with E-state index in [9.17, 15) is 4.79 Å². The Morgan fingerprint density at radius 2 is 2.05 bits per heavy atom. The lowest BCUT2D eigenvalue weighted by atomic mass is 10.3. The van der Waals surface area contributed by atoms with Crippen LogP contribution in [0.1, 0.15) is 12.8 Å². The molecule has 1 aromatic rings. The Morgan fingerprint density at radius 3 is 2.68 bits per heavy atom. The number of hydrogen-bond acceptors (Lipinski definition) is 4. The number of anilines is 1. The van der Waals surface area contributed by atoms with Crippen LogP contribution in [0, 0.1) is 5.92 Å². The molecule has 0 spiro atoms. The van der Waals surface area contributed by atoms with Crippen molar-refractivity contribution in [1.82, 2.24) is 0 Å². The van der Waals surface area contributed by atoms with Gasteiger partial charge >= 0.3 is 0 Å². The third-order valence-corrected chi connectivity index (χ3v) is 2.81. The van der Waals surface area contributed by atoms with E-state index in [4.69, 9.17) is 15.2 Å². The van der Waals surface area contributed by atoms with Crippen LogP contribution in [0.5, 0.6) is 5.75 Å². The molecule has 0 heterocycles. The van der Waals surface area contributed by atoms with Crippen molar-refractivity contribution in [3.8, 4) is 5.75 Å². The molecule has 0 saturated heterocycles. The third-order valence-electron chi connectivity index (χ3n) is 2.81. The number of amides is 1. The van der Waals surface area contributed by atoms with Crippen LogP contribution in [0.25, 0.3) is 0 Å². The zero-order valence-electron chi connectivity index (χ0n) is 10.9. The van der Waals surface area contributed by atoms with Gasteiger partial charge in [-0.2, -0.15) is 0 Å². The number of hydrogen-bond donors (Lipinski definition) is 2. The molecule has 1 fully saturated rings. The fraction of sp³-hybridized carbons (Fsp3) is 0.500. The van der Waals surface area contributed by atoms with Crippen molar-refractivity contribution in [2.75, 3.05) is 31.7 Å². The van der Waals surface area contributed by atoms with Gasteiger partial charge in [-0.1, -0.05) is 0 Å². The Labute approximate surface area is 113 Å². The minimum atomic E-state index is -0.128. The van der Waals surface area contributed by atoms with Crippen LogP contribution in [-0.4, -0.2) is 32.3 Å². The normalized spacial score (nSPS) is 14.2. The van der Waals surface area contributed by atoms with Crippen molar-refractivity contribution >= 4 is 11.6 Å². The molecule has 3 N–H and O–H groups in total. The van der Waals surface area contributed by atoms with Crippen LogP contribution in [-0.2, 0) is 9.53 Å². The number of carbonyl (C=O) groups excluding carboxylic acids is 1. The summed E-state index contributed by atoms with van der Waals surface area (Å²) in [5.74, 6) is 1.29. The van der Waals surface area contributed by atoms with Gasteiger partial charge in [0.2, 0.25) is 5.91 Å². The Bertz CT molecular complexity index is 402. The Kier molecular flexibility index (Phi) is 5.18. The van der Waals surface area contributed by atoms with E-state index in [0.717, 1.165) is 11.4 Å². The predicted molar refractivity (Wildman–Crippen MR) is 73.2 cm³/mol. The van der Waals surface area contributed by atoms with E-state index in [2.05, 4.69) is 5.32 Å². The number of nitrogens with two attached hydrogens (primary N) is 1. The van der Waals surface area contributed by atoms with Gasteiger partial charge in [-0.15, -0.1) is 0 Å². The molecule has 0 radical (unpaired) electrons. The maximum Gasteiger partial charge on any atom is 0.250 e. The summed E-state index contributed by atoms with van der Waals surface area (Å²) in [6.45, 7) is 1.78. The maximum absolute atomic E-state index is 11.6. The van der Waals surface area contributed by atoms with Crippen LogP contribution < -0.4 is 15.8 Å². The maximum atomic E-state index is 11.6. The molecule has 0 aromatic heterocycles. The predicted octanol–water partition coefficient (Wildman–Crippen LogP) is 1.39. The average Bonchev–Trinajstić information content (AvgIpc) is 3.22. The monoisotopic (exact) mass is 264 g/mol. The molecule has 1 aliphatic carbocycles. The van der Waals surface area contributed by atoms with E-state index in [-0.39, 0.29) is 12.5 Å². The van der Waals surface area contributed by atoms with E-state index < -0.39 is 0 Å². The Morgan fingerprint density at radius 1 is 1.32 bits per heavy atom. The quantitative estimate of drug-likeness (QED) is 0.744. The minimum Gasteiger partial charge on any atom is -0.492 e. The van der Waals surface area contributed by atoms with Crippen molar-refractivity contribution in [2.45, 2.75) is 12.8 Å². The number of carbonyl (C=O) groups is 1. The van der Waals surface area contributed by atoms with Crippen molar-refractivity contribution in [2.24, 2.45) is 11.7 Å². The zero-order valence-corrected chi connectivity index (χ0v) is 10.9. The molecular weight excluding hydrogens is 244 g/mol. The van der Waals surface area contributed by atoms with Gasteiger partial charge in [0.15, 0.2) is 0 Å². The largest absolute Gasteiger partial charge is 0.492 e. The van der Waals surface area contributed by atoms with Crippen molar-refractivity contribution in [1.29, 1.82) is 0 Å². The van der Waals surface area contributed by atoms with E-state index in [1.165, 1.54) is 12.8 Å². The molecule has 0 bridgehead atoms. The second-order valence-corrected chi connectivity index (χ2v) is 4.67. The molecule has 1 saturated carbocycles. The fourth-order valence-corrected chi connectivity index (χ4v) is 1.61. The smallest absolute Gasteiger partial charge is 0.250 e. The number of benzene rings is 1. The van der Waals surface area contributed by atoms with Crippen molar-refractivity contribution in [3.63, 3.8) is 0 Å². The molecule has 1 amide bonds. The van der Waals surface area contributed by atoms with E-state index in [0.29, 0.717) is 25.7 Å². The molecule has 0 aliphatic heterocycles. The summed E-state index contributed by atoms with van der Waals surface area (Å²) in [6.07, 6.45) is 2.46. The first kappa shape index (κ1) is 13.8. The Balaban J connectivity index is 1.69. The van der Waals surface area contributed by atoms with E-state index >= 15 is 0 Å². The van der Waals surface area contributed by atoms with Crippen molar-refractivity contribution < 1.29 is 14.3 Å². The SMILES string of the molecule is NCCOc1ccc(NC(=O)COCC2CC2)cc1. The van der Waals surface area contributed by atoms with Gasteiger partial charge in [0.1, 0.15) is 19.0 Å². The highest BCUT2D eigenvalue weighted by Crippen LogP contribution is 2.28. The lowest BCUT2D eigenvalue weighted by molar-refractivity contribution is -0.120. The first-order valence-corrected chi connectivity index (χ1v) is 6.58. The molecule has 104 valence electrons. The zero-order chi connectivity index (χ0) is 13.5. The van der Waals surface area contributed by atoms with Gasteiger partial charge in [-0.25, -0.2) is 0 Å². The van der Waals surface area contributed by atoms with E-state index in [1.807, 2.05) is 0 Å². The molecule has 19 heavy (non-hydrogen) atoms. The lowest BCUT2D eigenvalue weighted by Gasteiger charge is -2.08.